The Morgan fingerprint density at radius 1 is 1.29 bits per heavy atom. The standard InChI is InChI=1S/C15H20ClF3N2/c1-2-21-8-3-4-12(7-9-21)20-14-6-5-11(16)10-13(14)15(17,18)19/h5-6,10,12,20H,2-4,7-9H2,1H3. The number of nitrogens with zero attached hydrogens (tertiary/aromatic N) is 1. The summed E-state index contributed by atoms with van der Waals surface area (Å²) in [5.74, 6) is 0. The largest absolute Gasteiger partial charge is 0.418 e. The van der Waals surface area contributed by atoms with E-state index in [2.05, 4.69) is 17.1 Å². The fourth-order valence-corrected chi connectivity index (χ4v) is 2.89. The predicted molar refractivity (Wildman–Crippen MR) is 79.8 cm³/mol. The zero-order valence-corrected chi connectivity index (χ0v) is 12.8. The van der Waals surface area contributed by atoms with Gasteiger partial charge in [-0.25, -0.2) is 0 Å². The van der Waals surface area contributed by atoms with Gasteiger partial charge < -0.3 is 10.2 Å². The van der Waals surface area contributed by atoms with Crippen LogP contribution in [0.2, 0.25) is 5.02 Å². The van der Waals surface area contributed by atoms with Gasteiger partial charge in [0, 0.05) is 23.3 Å². The maximum atomic E-state index is 13.1. The van der Waals surface area contributed by atoms with E-state index in [0.717, 1.165) is 45.0 Å². The summed E-state index contributed by atoms with van der Waals surface area (Å²) in [5.41, 5.74) is -0.562. The molecule has 6 heteroatoms. The van der Waals surface area contributed by atoms with Gasteiger partial charge in [-0.15, -0.1) is 0 Å². The molecule has 1 saturated heterocycles. The Morgan fingerprint density at radius 3 is 2.71 bits per heavy atom. The van der Waals surface area contributed by atoms with Crippen molar-refractivity contribution in [2.24, 2.45) is 0 Å². The van der Waals surface area contributed by atoms with Gasteiger partial charge in [0.1, 0.15) is 0 Å². The summed E-state index contributed by atoms with van der Waals surface area (Å²) in [6.45, 7) is 5.03. The first-order chi connectivity index (χ1) is 9.90. The van der Waals surface area contributed by atoms with Crippen LogP contribution in [0.25, 0.3) is 0 Å². The van der Waals surface area contributed by atoms with Gasteiger partial charge in [-0.05, 0) is 50.6 Å². The Labute approximate surface area is 128 Å². The van der Waals surface area contributed by atoms with Crippen molar-refractivity contribution in [2.75, 3.05) is 25.0 Å². The minimum Gasteiger partial charge on any atom is -0.382 e. The molecule has 118 valence electrons. The van der Waals surface area contributed by atoms with Crippen LogP contribution < -0.4 is 5.32 Å². The van der Waals surface area contributed by atoms with Gasteiger partial charge in [0.25, 0.3) is 0 Å². The van der Waals surface area contributed by atoms with Crippen LogP contribution in [0.1, 0.15) is 31.7 Å². The Bertz CT molecular complexity index is 476. The summed E-state index contributed by atoms with van der Waals surface area (Å²) >= 11 is 5.70. The first kappa shape index (κ1) is 16.4. The zero-order valence-electron chi connectivity index (χ0n) is 12.0. The third kappa shape index (κ3) is 4.51. The van der Waals surface area contributed by atoms with E-state index in [4.69, 9.17) is 11.6 Å². The Balaban J connectivity index is 2.12. The lowest BCUT2D eigenvalue weighted by Crippen LogP contribution is -2.26. The molecule has 1 heterocycles. The quantitative estimate of drug-likeness (QED) is 0.872. The van der Waals surface area contributed by atoms with Crippen molar-refractivity contribution in [3.8, 4) is 0 Å². The molecule has 1 fully saturated rings. The van der Waals surface area contributed by atoms with Crippen molar-refractivity contribution in [1.82, 2.24) is 4.90 Å². The maximum Gasteiger partial charge on any atom is 0.418 e. The minimum absolute atomic E-state index is 0.0730. The predicted octanol–water partition coefficient (Wildman–Crippen LogP) is 4.65. The second kappa shape index (κ2) is 6.88. The molecule has 0 saturated carbocycles. The topological polar surface area (TPSA) is 15.3 Å². The second-order valence-corrected chi connectivity index (χ2v) is 5.83. The van der Waals surface area contributed by atoms with Crippen LogP contribution in [-0.2, 0) is 6.18 Å². The van der Waals surface area contributed by atoms with Gasteiger partial charge in [-0.3, -0.25) is 0 Å². The number of hydrogen-bond donors (Lipinski definition) is 1. The van der Waals surface area contributed by atoms with Crippen LogP contribution in [0, 0.1) is 0 Å². The third-order valence-corrected chi connectivity index (χ3v) is 4.15. The molecule has 0 bridgehead atoms. The molecule has 2 nitrogen and oxygen atoms in total. The summed E-state index contributed by atoms with van der Waals surface area (Å²) < 4.78 is 39.2. The van der Waals surface area contributed by atoms with Gasteiger partial charge >= 0.3 is 6.18 Å². The molecule has 1 N–H and O–H groups in total. The number of halogens is 4. The highest BCUT2D eigenvalue weighted by Crippen LogP contribution is 2.37. The van der Waals surface area contributed by atoms with Crippen LogP contribution in [0.5, 0.6) is 0 Å². The minimum atomic E-state index is -4.40. The van der Waals surface area contributed by atoms with Gasteiger partial charge in [-0.2, -0.15) is 13.2 Å². The normalized spacial score (nSPS) is 21.1. The third-order valence-electron chi connectivity index (χ3n) is 3.91. The Kier molecular flexibility index (Phi) is 5.38. The van der Waals surface area contributed by atoms with Crippen LogP contribution in [0.15, 0.2) is 18.2 Å². The molecule has 1 aromatic rings. The molecule has 1 aliphatic heterocycles. The molecule has 1 aromatic carbocycles. The first-order valence-corrected chi connectivity index (χ1v) is 7.63. The number of alkyl halides is 3. The van der Waals surface area contributed by atoms with Gasteiger partial charge in [0.15, 0.2) is 0 Å². The number of likely N-dealkylation sites (tertiary alicyclic amines) is 1. The number of anilines is 1. The number of hydrogen-bond acceptors (Lipinski definition) is 2. The molecule has 21 heavy (non-hydrogen) atoms. The van der Waals surface area contributed by atoms with Crippen LogP contribution in [0.3, 0.4) is 0 Å². The summed E-state index contributed by atoms with van der Waals surface area (Å²) in [7, 11) is 0. The summed E-state index contributed by atoms with van der Waals surface area (Å²) in [4.78, 5) is 2.33. The van der Waals surface area contributed by atoms with E-state index < -0.39 is 11.7 Å². The van der Waals surface area contributed by atoms with Crippen LogP contribution in [0.4, 0.5) is 18.9 Å². The highest BCUT2D eigenvalue weighted by atomic mass is 35.5. The molecule has 0 aromatic heterocycles. The molecule has 1 aliphatic rings. The lowest BCUT2D eigenvalue weighted by Gasteiger charge is -2.22. The smallest absolute Gasteiger partial charge is 0.382 e. The van der Waals surface area contributed by atoms with Crippen LogP contribution >= 0.6 is 11.6 Å². The monoisotopic (exact) mass is 320 g/mol. The fourth-order valence-electron chi connectivity index (χ4n) is 2.71. The molecule has 2 rings (SSSR count). The molecular formula is C15H20ClF3N2. The van der Waals surface area contributed by atoms with Crippen molar-refractivity contribution in [3.05, 3.63) is 28.8 Å². The van der Waals surface area contributed by atoms with Crippen molar-refractivity contribution in [3.63, 3.8) is 0 Å². The molecule has 0 radical (unpaired) electrons. The molecular weight excluding hydrogens is 301 g/mol. The van der Waals surface area contributed by atoms with E-state index >= 15 is 0 Å². The van der Waals surface area contributed by atoms with Crippen molar-refractivity contribution >= 4 is 17.3 Å². The van der Waals surface area contributed by atoms with E-state index in [0.29, 0.717) is 0 Å². The van der Waals surface area contributed by atoms with E-state index in [1.54, 1.807) is 0 Å². The molecule has 0 amide bonds. The first-order valence-electron chi connectivity index (χ1n) is 7.25. The number of nitrogens with one attached hydrogen (secondary N) is 1. The highest BCUT2D eigenvalue weighted by molar-refractivity contribution is 6.30. The average molecular weight is 321 g/mol. The molecule has 1 unspecified atom stereocenters. The summed E-state index contributed by atoms with van der Waals surface area (Å²) in [6, 6.07) is 3.98. The van der Waals surface area contributed by atoms with E-state index in [1.807, 2.05) is 0 Å². The fraction of sp³-hybridized carbons (Fsp3) is 0.600. The Morgan fingerprint density at radius 2 is 2.05 bits per heavy atom. The second-order valence-electron chi connectivity index (χ2n) is 5.39. The number of rotatable bonds is 3. The maximum absolute atomic E-state index is 13.1. The molecule has 1 atom stereocenters. The summed E-state index contributed by atoms with van der Waals surface area (Å²) in [6.07, 6.45) is -1.65. The SMILES string of the molecule is CCN1CCCC(Nc2ccc(Cl)cc2C(F)(F)F)CC1. The number of benzene rings is 1. The molecule has 0 spiro atoms. The van der Waals surface area contributed by atoms with Crippen molar-refractivity contribution in [1.29, 1.82) is 0 Å². The van der Waals surface area contributed by atoms with Crippen LogP contribution in [-0.4, -0.2) is 30.6 Å². The van der Waals surface area contributed by atoms with E-state index in [1.165, 1.54) is 12.1 Å². The lowest BCUT2D eigenvalue weighted by atomic mass is 10.1. The highest BCUT2D eigenvalue weighted by Gasteiger charge is 2.34. The van der Waals surface area contributed by atoms with Crippen molar-refractivity contribution in [2.45, 2.75) is 38.4 Å². The van der Waals surface area contributed by atoms with Gasteiger partial charge in [-0.1, -0.05) is 18.5 Å². The average Bonchev–Trinajstić information content (AvgIpc) is 2.65. The van der Waals surface area contributed by atoms with Gasteiger partial charge in [0.05, 0.1) is 5.56 Å². The van der Waals surface area contributed by atoms with Crippen molar-refractivity contribution < 1.29 is 13.2 Å². The lowest BCUT2D eigenvalue weighted by molar-refractivity contribution is -0.137. The summed E-state index contributed by atoms with van der Waals surface area (Å²) in [5, 5.41) is 3.17. The van der Waals surface area contributed by atoms with E-state index in [9.17, 15) is 13.2 Å². The van der Waals surface area contributed by atoms with E-state index in [-0.39, 0.29) is 16.8 Å². The zero-order chi connectivity index (χ0) is 15.5. The Hall–Kier alpha value is -0.940. The molecule has 0 aliphatic carbocycles. The van der Waals surface area contributed by atoms with Gasteiger partial charge in [0.2, 0.25) is 0 Å².